The monoisotopic (exact) mass is 246 g/mol. The molecule has 0 aromatic carbocycles. The molecule has 0 rings (SSSR count). The van der Waals surface area contributed by atoms with Gasteiger partial charge in [0.2, 0.25) is 10.0 Å². The van der Waals surface area contributed by atoms with E-state index in [0.717, 1.165) is 19.3 Å². The number of nitrogens with zero attached hydrogens (tertiary/aromatic N) is 1. The molecular formula is C11H22N2O2S. The normalized spacial score (nSPS) is 13.3. The summed E-state index contributed by atoms with van der Waals surface area (Å²) in [7, 11) is -2.07. The van der Waals surface area contributed by atoms with Crippen LogP contribution in [0.1, 0.15) is 51.9 Å². The maximum absolute atomic E-state index is 11.4. The SMILES string of the molecule is CCCCCCCCC(C#N)S(=O)(=O)NC. The standard InChI is InChI=1S/C11H22N2O2S/c1-3-4-5-6-7-8-9-11(10-12)16(14,15)13-2/h11,13H,3-9H2,1-2H3. The van der Waals surface area contributed by atoms with Crippen LogP contribution in [0.15, 0.2) is 0 Å². The molecule has 4 nitrogen and oxygen atoms in total. The topological polar surface area (TPSA) is 70.0 Å². The number of nitriles is 1. The molecule has 0 aromatic heterocycles. The van der Waals surface area contributed by atoms with Gasteiger partial charge in [-0.3, -0.25) is 0 Å². The van der Waals surface area contributed by atoms with Gasteiger partial charge in [-0.25, -0.2) is 13.1 Å². The molecule has 0 bridgehead atoms. The average Bonchev–Trinajstić information content (AvgIpc) is 2.28. The second-order valence-electron chi connectivity index (χ2n) is 3.92. The molecule has 0 amide bonds. The van der Waals surface area contributed by atoms with Crippen molar-refractivity contribution < 1.29 is 8.42 Å². The summed E-state index contributed by atoms with van der Waals surface area (Å²) >= 11 is 0. The van der Waals surface area contributed by atoms with Gasteiger partial charge in [0.05, 0.1) is 6.07 Å². The Balaban J connectivity index is 3.78. The van der Waals surface area contributed by atoms with Crippen molar-refractivity contribution in [2.45, 2.75) is 57.1 Å². The van der Waals surface area contributed by atoms with Gasteiger partial charge < -0.3 is 0 Å². The van der Waals surface area contributed by atoms with Crippen LogP contribution in [0.4, 0.5) is 0 Å². The van der Waals surface area contributed by atoms with Gasteiger partial charge in [-0.2, -0.15) is 5.26 Å². The van der Waals surface area contributed by atoms with E-state index in [2.05, 4.69) is 11.6 Å². The fourth-order valence-electron chi connectivity index (χ4n) is 1.54. The largest absolute Gasteiger partial charge is 0.227 e. The molecule has 0 aromatic rings. The second-order valence-corrected chi connectivity index (χ2v) is 5.99. The zero-order chi connectivity index (χ0) is 12.4. The van der Waals surface area contributed by atoms with E-state index in [1.54, 1.807) is 0 Å². The van der Waals surface area contributed by atoms with Crippen molar-refractivity contribution in [3.8, 4) is 6.07 Å². The van der Waals surface area contributed by atoms with Crippen molar-refractivity contribution in [1.82, 2.24) is 4.72 Å². The molecule has 0 spiro atoms. The number of sulfonamides is 1. The Labute approximate surface area is 99.1 Å². The van der Waals surface area contributed by atoms with Crippen LogP contribution >= 0.6 is 0 Å². The lowest BCUT2D eigenvalue weighted by Crippen LogP contribution is -2.30. The van der Waals surface area contributed by atoms with Gasteiger partial charge >= 0.3 is 0 Å². The van der Waals surface area contributed by atoms with Crippen LogP contribution in [-0.2, 0) is 10.0 Å². The summed E-state index contributed by atoms with van der Waals surface area (Å²) in [5.74, 6) is 0. The lowest BCUT2D eigenvalue weighted by molar-refractivity contribution is 0.560. The molecule has 0 aliphatic rings. The molecule has 0 fully saturated rings. The van der Waals surface area contributed by atoms with Crippen LogP contribution in [0.2, 0.25) is 0 Å². The maximum Gasteiger partial charge on any atom is 0.227 e. The van der Waals surface area contributed by atoms with Crippen molar-refractivity contribution in [3.05, 3.63) is 0 Å². The molecule has 1 N–H and O–H groups in total. The smallest absolute Gasteiger partial charge is 0.217 e. The fraction of sp³-hybridized carbons (Fsp3) is 0.909. The molecular weight excluding hydrogens is 224 g/mol. The summed E-state index contributed by atoms with van der Waals surface area (Å²) in [6.45, 7) is 2.16. The minimum Gasteiger partial charge on any atom is -0.217 e. The van der Waals surface area contributed by atoms with Gasteiger partial charge in [0.25, 0.3) is 0 Å². The predicted octanol–water partition coefficient (Wildman–Crippen LogP) is 2.18. The first-order chi connectivity index (χ1) is 7.58. The fourth-order valence-corrected chi connectivity index (χ4v) is 2.44. The van der Waals surface area contributed by atoms with E-state index >= 15 is 0 Å². The molecule has 0 radical (unpaired) electrons. The Morgan fingerprint density at radius 2 is 1.75 bits per heavy atom. The number of unbranched alkanes of at least 4 members (excludes halogenated alkanes) is 5. The third-order valence-corrected chi connectivity index (χ3v) is 4.28. The predicted molar refractivity (Wildman–Crippen MR) is 65.4 cm³/mol. The third kappa shape index (κ3) is 6.09. The van der Waals surface area contributed by atoms with Crippen LogP contribution < -0.4 is 4.72 Å². The van der Waals surface area contributed by atoms with Crippen LogP contribution in [0, 0.1) is 11.3 Å². The summed E-state index contributed by atoms with van der Waals surface area (Å²) < 4.78 is 24.9. The lowest BCUT2D eigenvalue weighted by Gasteiger charge is -2.08. The number of rotatable bonds is 9. The van der Waals surface area contributed by atoms with E-state index in [9.17, 15) is 8.42 Å². The van der Waals surface area contributed by atoms with E-state index in [1.807, 2.05) is 6.07 Å². The van der Waals surface area contributed by atoms with Crippen LogP contribution in [-0.4, -0.2) is 20.7 Å². The zero-order valence-corrected chi connectivity index (χ0v) is 11.0. The number of hydrogen-bond acceptors (Lipinski definition) is 3. The van der Waals surface area contributed by atoms with Crippen LogP contribution in [0.25, 0.3) is 0 Å². The molecule has 0 aliphatic heterocycles. The molecule has 1 atom stereocenters. The van der Waals surface area contributed by atoms with Gasteiger partial charge in [-0.15, -0.1) is 0 Å². The Bertz CT molecular complexity index is 306. The highest BCUT2D eigenvalue weighted by Gasteiger charge is 2.22. The molecule has 0 saturated carbocycles. The van der Waals surface area contributed by atoms with E-state index in [-0.39, 0.29) is 0 Å². The number of hydrogen-bond donors (Lipinski definition) is 1. The second kappa shape index (κ2) is 8.54. The highest BCUT2D eigenvalue weighted by Crippen LogP contribution is 2.12. The quantitative estimate of drug-likeness (QED) is 0.634. The Morgan fingerprint density at radius 3 is 2.25 bits per heavy atom. The van der Waals surface area contributed by atoms with E-state index in [1.165, 1.54) is 26.3 Å². The van der Waals surface area contributed by atoms with Crippen molar-refractivity contribution in [2.24, 2.45) is 0 Å². The Morgan fingerprint density at radius 1 is 1.19 bits per heavy atom. The maximum atomic E-state index is 11.4. The molecule has 0 heterocycles. The van der Waals surface area contributed by atoms with Gasteiger partial charge in [-0.05, 0) is 13.5 Å². The molecule has 0 aliphatic carbocycles. The summed E-state index contributed by atoms with van der Waals surface area (Å²) in [6.07, 6.45) is 7.02. The highest BCUT2D eigenvalue weighted by molar-refractivity contribution is 7.90. The molecule has 5 heteroatoms. The van der Waals surface area contributed by atoms with E-state index < -0.39 is 15.3 Å². The molecule has 16 heavy (non-hydrogen) atoms. The van der Waals surface area contributed by atoms with Crippen molar-refractivity contribution in [2.75, 3.05) is 7.05 Å². The van der Waals surface area contributed by atoms with Crippen LogP contribution in [0.5, 0.6) is 0 Å². The minimum atomic E-state index is -3.42. The van der Waals surface area contributed by atoms with Gasteiger partial charge in [-0.1, -0.05) is 45.4 Å². The average molecular weight is 246 g/mol. The third-order valence-electron chi connectivity index (χ3n) is 2.62. The minimum absolute atomic E-state index is 0.436. The first-order valence-electron chi connectivity index (χ1n) is 5.90. The lowest BCUT2D eigenvalue weighted by atomic mass is 10.1. The van der Waals surface area contributed by atoms with E-state index in [0.29, 0.717) is 6.42 Å². The van der Waals surface area contributed by atoms with Gasteiger partial charge in [0.15, 0.2) is 5.25 Å². The molecule has 0 saturated heterocycles. The molecule has 1 unspecified atom stereocenters. The summed E-state index contributed by atoms with van der Waals surface area (Å²) in [5.41, 5.74) is 0. The van der Waals surface area contributed by atoms with Crippen molar-refractivity contribution >= 4 is 10.0 Å². The van der Waals surface area contributed by atoms with Crippen molar-refractivity contribution in [3.63, 3.8) is 0 Å². The Kier molecular flexibility index (Phi) is 8.22. The summed E-state index contributed by atoms with van der Waals surface area (Å²) in [5, 5.41) is 7.86. The van der Waals surface area contributed by atoms with Crippen molar-refractivity contribution in [1.29, 1.82) is 5.26 Å². The number of nitrogens with one attached hydrogen (secondary N) is 1. The zero-order valence-electron chi connectivity index (χ0n) is 10.2. The molecule has 94 valence electrons. The summed E-state index contributed by atoms with van der Waals surface area (Å²) in [4.78, 5) is 0. The Hall–Kier alpha value is -0.600. The van der Waals surface area contributed by atoms with E-state index in [4.69, 9.17) is 5.26 Å². The first kappa shape index (κ1) is 15.4. The first-order valence-corrected chi connectivity index (χ1v) is 7.45. The highest BCUT2D eigenvalue weighted by atomic mass is 32.2. The summed E-state index contributed by atoms with van der Waals surface area (Å²) in [6, 6.07) is 1.84. The van der Waals surface area contributed by atoms with Gasteiger partial charge in [0, 0.05) is 0 Å². The van der Waals surface area contributed by atoms with Crippen LogP contribution in [0.3, 0.4) is 0 Å². The van der Waals surface area contributed by atoms with Gasteiger partial charge in [0.1, 0.15) is 0 Å².